The molecule has 0 aromatic carbocycles. The van der Waals surface area contributed by atoms with Crippen molar-refractivity contribution >= 4 is 50.3 Å². The summed E-state index contributed by atoms with van der Waals surface area (Å²) in [6, 6.07) is -1.54. The van der Waals surface area contributed by atoms with Crippen LogP contribution in [0.1, 0.15) is 14.0 Å². The summed E-state index contributed by atoms with van der Waals surface area (Å²) in [6.45, 7) is 0.855. The van der Waals surface area contributed by atoms with Crippen LogP contribution in [-0.2, 0) is 39.0 Å². The molecule has 2 atom stereocenters. The number of nitrogen functional groups attached to an aromatic ring is 1. The number of thiazole rings is 1. The van der Waals surface area contributed by atoms with Gasteiger partial charge in [0.1, 0.15) is 19.4 Å². The predicted octanol–water partition coefficient (Wildman–Crippen LogP) is -4.77. The molecule has 14 nitrogen and oxygen atoms in total. The minimum Gasteiger partial charge on any atom is -1.00 e. The zero-order valence-corrected chi connectivity index (χ0v) is 19.7. The van der Waals surface area contributed by atoms with Crippen LogP contribution < -0.4 is 40.6 Å². The smallest absolute Gasteiger partial charge is 1.00 e. The standard InChI is InChI=1S/C13H17N5O9S2.Na.H/c1-3-26-7(19)4-27-12-9(11(21)18(12)29(22,23)24)16-10(20)8(17-25-2)6-5-28-13(14)15-6;;/h5,9,12H,3-4H2,1-2H3,(H2,14,15)(H,16,20)(H,22,23,24);;/q;+1;-1/t9-,12-;;/m1../s1. The number of nitrogens with one attached hydrogen (secondary N) is 1. The second-order valence-electron chi connectivity index (χ2n) is 5.26. The van der Waals surface area contributed by atoms with Crippen molar-refractivity contribution in [3.8, 4) is 0 Å². The van der Waals surface area contributed by atoms with Crippen molar-refractivity contribution < 1.29 is 72.6 Å². The summed E-state index contributed by atoms with van der Waals surface area (Å²) in [4.78, 5) is 44.5. The molecule has 0 radical (unpaired) electrons. The van der Waals surface area contributed by atoms with Gasteiger partial charge in [-0.1, -0.05) is 5.16 Å². The molecule has 0 spiro atoms. The van der Waals surface area contributed by atoms with E-state index in [9.17, 15) is 27.4 Å². The van der Waals surface area contributed by atoms with Crippen LogP contribution in [0.4, 0.5) is 5.13 Å². The number of hydrogen-bond donors (Lipinski definition) is 3. The molecule has 2 amide bonds. The van der Waals surface area contributed by atoms with E-state index in [1.807, 2.05) is 0 Å². The molecule has 1 aliphatic heterocycles. The maximum atomic E-state index is 12.5. The van der Waals surface area contributed by atoms with E-state index < -0.39 is 47.0 Å². The molecular formula is C13H18N5NaO9S2. The normalized spacial score (nSPS) is 18.8. The molecule has 1 aliphatic rings. The van der Waals surface area contributed by atoms with E-state index in [1.54, 1.807) is 6.92 Å². The minimum absolute atomic E-state index is 0. The third-order valence-electron chi connectivity index (χ3n) is 3.37. The fraction of sp³-hybridized carbons (Fsp3) is 0.462. The molecular weight excluding hydrogens is 457 g/mol. The first kappa shape index (κ1) is 26.2. The number of esters is 1. The zero-order valence-electron chi connectivity index (χ0n) is 17.1. The molecule has 30 heavy (non-hydrogen) atoms. The van der Waals surface area contributed by atoms with Gasteiger partial charge in [0, 0.05) is 5.38 Å². The number of β-lactam (4-membered cyclic amide) rings is 1. The van der Waals surface area contributed by atoms with Gasteiger partial charge in [0.05, 0.1) is 6.61 Å². The Hall–Kier alpha value is -1.82. The Bertz CT molecular complexity index is 942. The summed E-state index contributed by atoms with van der Waals surface area (Å²) in [5.41, 5.74) is 5.22. The summed E-state index contributed by atoms with van der Waals surface area (Å²) in [5, 5.41) is 7.27. The first-order valence-electron chi connectivity index (χ1n) is 7.81. The molecule has 0 aliphatic carbocycles. The van der Waals surface area contributed by atoms with Crippen molar-refractivity contribution in [2.75, 3.05) is 26.1 Å². The van der Waals surface area contributed by atoms with Gasteiger partial charge < -0.3 is 26.8 Å². The van der Waals surface area contributed by atoms with E-state index in [2.05, 4.69) is 25.0 Å². The fourth-order valence-electron chi connectivity index (χ4n) is 2.24. The summed E-state index contributed by atoms with van der Waals surface area (Å²) in [5.74, 6) is -2.99. The van der Waals surface area contributed by atoms with Crippen LogP contribution in [0.3, 0.4) is 0 Å². The van der Waals surface area contributed by atoms with Crippen LogP contribution in [0.2, 0.25) is 0 Å². The van der Waals surface area contributed by atoms with Crippen LogP contribution in [0.5, 0.6) is 0 Å². The molecule has 2 rings (SSSR count). The zero-order chi connectivity index (χ0) is 21.8. The van der Waals surface area contributed by atoms with Crippen molar-refractivity contribution in [1.82, 2.24) is 14.6 Å². The SMILES string of the molecule is CCOC(=O)CO[C@@H]1[C@H](NC(=O)C(=NOC)c2csc(N)n2)C(=O)N1S(=O)(=O)O.[H-].[Na+]. The molecule has 162 valence electrons. The van der Waals surface area contributed by atoms with E-state index in [-0.39, 0.29) is 58.4 Å². The van der Waals surface area contributed by atoms with Gasteiger partial charge in [0.25, 0.3) is 11.8 Å². The van der Waals surface area contributed by atoms with Crippen molar-refractivity contribution in [3.05, 3.63) is 11.1 Å². The molecule has 0 saturated carbocycles. The quantitative estimate of drug-likeness (QED) is 0.0773. The largest absolute Gasteiger partial charge is 1.00 e. The van der Waals surface area contributed by atoms with Crippen LogP contribution in [0, 0.1) is 0 Å². The number of rotatable bonds is 9. The van der Waals surface area contributed by atoms with Crippen LogP contribution in [0.15, 0.2) is 10.5 Å². The number of hydrogen-bond acceptors (Lipinski definition) is 12. The summed E-state index contributed by atoms with van der Waals surface area (Å²) < 4.78 is 41.6. The molecule has 17 heteroatoms. The molecule has 1 fully saturated rings. The van der Waals surface area contributed by atoms with E-state index in [0.717, 1.165) is 11.3 Å². The Morgan fingerprint density at radius 1 is 1.50 bits per heavy atom. The molecule has 1 aromatic rings. The van der Waals surface area contributed by atoms with E-state index in [4.69, 9.17) is 10.5 Å². The van der Waals surface area contributed by atoms with Gasteiger partial charge in [-0.15, -0.1) is 11.3 Å². The van der Waals surface area contributed by atoms with Crippen molar-refractivity contribution in [2.45, 2.75) is 19.2 Å². The third-order valence-corrected chi connectivity index (χ3v) is 4.93. The molecule has 0 unspecified atom stereocenters. The number of aromatic nitrogens is 1. The second kappa shape index (κ2) is 11.0. The number of carbonyl (C=O) groups excluding carboxylic acids is 3. The van der Waals surface area contributed by atoms with Crippen LogP contribution >= 0.6 is 11.3 Å². The summed E-state index contributed by atoms with van der Waals surface area (Å²) >= 11 is 1.02. The molecule has 1 aromatic heterocycles. The van der Waals surface area contributed by atoms with Crippen molar-refractivity contribution in [3.63, 3.8) is 0 Å². The average Bonchev–Trinajstić information content (AvgIpc) is 3.05. The van der Waals surface area contributed by atoms with Gasteiger partial charge >= 0.3 is 45.8 Å². The Balaban J connectivity index is 0.00000450. The number of oxime groups is 1. The molecule has 2 heterocycles. The average molecular weight is 475 g/mol. The number of amides is 2. The second-order valence-corrected chi connectivity index (χ2v) is 7.44. The number of ether oxygens (including phenoxy) is 2. The third kappa shape index (κ3) is 6.10. The maximum absolute atomic E-state index is 12.5. The van der Waals surface area contributed by atoms with Gasteiger partial charge in [-0.05, 0) is 6.92 Å². The molecule has 0 bridgehead atoms. The Morgan fingerprint density at radius 3 is 2.67 bits per heavy atom. The minimum atomic E-state index is -5.00. The van der Waals surface area contributed by atoms with Gasteiger partial charge in [0.2, 0.25) is 0 Å². The number of anilines is 1. The van der Waals surface area contributed by atoms with Gasteiger partial charge in [-0.25, -0.2) is 9.78 Å². The van der Waals surface area contributed by atoms with Gasteiger partial charge in [-0.3, -0.25) is 14.1 Å². The van der Waals surface area contributed by atoms with E-state index in [1.165, 1.54) is 12.5 Å². The summed E-state index contributed by atoms with van der Waals surface area (Å²) in [6.07, 6.45) is -1.69. The van der Waals surface area contributed by atoms with E-state index in [0.29, 0.717) is 0 Å². The fourth-order valence-corrected chi connectivity index (χ4v) is 3.57. The predicted molar refractivity (Wildman–Crippen MR) is 97.9 cm³/mol. The topological polar surface area (TPSA) is 200 Å². The maximum Gasteiger partial charge on any atom is 1.00 e. The Labute approximate surface area is 198 Å². The Kier molecular flexibility index (Phi) is 9.60. The number of nitrogens with two attached hydrogens (primary N) is 1. The molecule has 1 saturated heterocycles. The number of carbonyl (C=O) groups is 3. The first-order chi connectivity index (χ1) is 13.6. The first-order valence-corrected chi connectivity index (χ1v) is 10.1. The van der Waals surface area contributed by atoms with Gasteiger partial charge in [-0.2, -0.15) is 12.7 Å². The van der Waals surface area contributed by atoms with Crippen molar-refractivity contribution in [1.29, 1.82) is 0 Å². The molecule has 4 N–H and O–H groups in total. The van der Waals surface area contributed by atoms with Gasteiger partial charge in [0.15, 0.2) is 23.1 Å². The number of nitrogens with zero attached hydrogens (tertiary/aromatic N) is 3. The van der Waals surface area contributed by atoms with E-state index >= 15 is 0 Å². The van der Waals surface area contributed by atoms with Crippen LogP contribution in [0.25, 0.3) is 0 Å². The summed E-state index contributed by atoms with van der Waals surface area (Å²) in [7, 11) is -3.83. The van der Waals surface area contributed by atoms with Crippen LogP contribution in [-0.4, -0.2) is 78.3 Å². The van der Waals surface area contributed by atoms with Crippen molar-refractivity contribution in [2.24, 2.45) is 5.16 Å². The monoisotopic (exact) mass is 475 g/mol. The Morgan fingerprint density at radius 2 is 2.17 bits per heavy atom.